The second-order valence-corrected chi connectivity index (χ2v) is 5.37. The zero-order valence-corrected chi connectivity index (χ0v) is 12.7. The van der Waals surface area contributed by atoms with Gasteiger partial charge in [-0.25, -0.2) is 0 Å². The first kappa shape index (κ1) is 16.2. The second kappa shape index (κ2) is 7.65. The van der Waals surface area contributed by atoms with Gasteiger partial charge in [-0.1, -0.05) is 18.2 Å². The molecule has 20 heavy (non-hydrogen) atoms. The fourth-order valence-corrected chi connectivity index (χ4v) is 2.11. The van der Waals surface area contributed by atoms with E-state index in [2.05, 4.69) is 54.9 Å². The lowest BCUT2D eigenvalue weighted by Crippen LogP contribution is -2.36. The van der Waals surface area contributed by atoms with E-state index in [1.807, 2.05) is 12.1 Å². The van der Waals surface area contributed by atoms with Crippen molar-refractivity contribution < 1.29 is 0 Å². The molecule has 0 amide bonds. The Labute approximate surface area is 121 Å². The molecular formula is C15H25N5. The summed E-state index contributed by atoms with van der Waals surface area (Å²) in [6.45, 7) is 9.77. The van der Waals surface area contributed by atoms with Crippen molar-refractivity contribution in [2.75, 3.05) is 0 Å². The Kier molecular flexibility index (Phi) is 6.18. The maximum Gasteiger partial charge on any atom is 0.211 e. The molecule has 5 nitrogen and oxygen atoms in total. The maximum absolute atomic E-state index is 5.23. The smallest absolute Gasteiger partial charge is 0.211 e. The minimum Gasteiger partial charge on any atom is -0.369 e. The Morgan fingerprint density at radius 1 is 1.20 bits per heavy atom. The van der Waals surface area contributed by atoms with Crippen molar-refractivity contribution in [3.05, 3.63) is 35.4 Å². The highest BCUT2D eigenvalue weighted by atomic mass is 15.3. The predicted octanol–water partition coefficient (Wildman–Crippen LogP) is 1.91. The molecule has 0 bridgehead atoms. The van der Waals surface area contributed by atoms with Crippen LogP contribution in [0.15, 0.2) is 34.5 Å². The largest absolute Gasteiger partial charge is 0.369 e. The average molecular weight is 275 g/mol. The molecule has 1 aromatic carbocycles. The van der Waals surface area contributed by atoms with Gasteiger partial charge in [-0.05, 0) is 44.9 Å². The molecule has 0 spiro atoms. The molecule has 110 valence electrons. The highest BCUT2D eigenvalue weighted by Crippen LogP contribution is 2.13. The highest BCUT2D eigenvalue weighted by Gasteiger charge is 2.13. The van der Waals surface area contributed by atoms with Gasteiger partial charge in [0.15, 0.2) is 0 Å². The van der Waals surface area contributed by atoms with E-state index in [9.17, 15) is 0 Å². The minimum absolute atomic E-state index is 0.0387. The Morgan fingerprint density at radius 3 is 2.40 bits per heavy atom. The molecule has 1 rings (SSSR count). The highest BCUT2D eigenvalue weighted by molar-refractivity contribution is 5.81. The van der Waals surface area contributed by atoms with Crippen LogP contribution in [0.3, 0.4) is 0 Å². The Hall–Kier alpha value is -1.88. The quantitative estimate of drug-likeness (QED) is 0.473. The van der Waals surface area contributed by atoms with E-state index in [-0.39, 0.29) is 5.96 Å². The SMILES string of the molecule is CC(C)N(Cc1cccc(C=NN=C(N)N)c1)C(C)C. The predicted molar refractivity (Wildman–Crippen MR) is 85.7 cm³/mol. The number of guanidine groups is 1. The summed E-state index contributed by atoms with van der Waals surface area (Å²) in [6, 6.07) is 9.23. The molecule has 0 unspecified atom stereocenters. The van der Waals surface area contributed by atoms with Gasteiger partial charge in [0.25, 0.3) is 0 Å². The first-order valence-corrected chi connectivity index (χ1v) is 6.86. The second-order valence-electron chi connectivity index (χ2n) is 5.37. The number of hydrogen-bond donors (Lipinski definition) is 2. The van der Waals surface area contributed by atoms with Gasteiger partial charge >= 0.3 is 0 Å². The molecule has 0 aliphatic heterocycles. The van der Waals surface area contributed by atoms with E-state index in [1.165, 1.54) is 5.56 Å². The maximum atomic E-state index is 5.23. The van der Waals surface area contributed by atoms with Crippen molar-refractivity contribution in [2.24, 2.45) is 21.7 Å². The number of nitrogens with two attached hydrogens (primary N) is 2. The third kappa shape index (κ3) is 5.40. The zero-order chi connectivity index (χ0) is 15.1. The summed E-state index contributed by atoms with van der Waals surface area (Å²) >= 11 is 0. The summed E-state index contributed by atoms with van der Waals surface area (Å²) < 4.78 is 0. The van der Waals surface area contributed by atoms with E-state index >= 15 is 0 Å². The molecule has 1 aromatic rings. The lowest BCUT2D eigenvalue weighted by atomic mass is 10.1. The number of benzene rings is 1. The van der Waals surface area contributed by atoms with E-state index < -0.39 is 0 Å². The molecule has 0 saturated carbocycles. The van der Waals surface area contributed by atoms with Gasteiger partial charge in [0.05, 0.1) is 6.21 Å². The topological polar surface area (TPSA) is 80.0 Å². The van der Waals surface area contributed by atoms with Crippen molar-refractivity contribution in [1.29, 1.82) is 0 Å². The normalized spacial score (nSPS) is 11.8. The van der Waals surface area contributed by atoms with Crippen LogP contribution in [0.4, 0.5) is 0 Å². The Bertz CT molecular complexity index is 465. The van der Waals surface area contributed by atoms with Gasteiger partial charge < -0.3 is 11.5 Å². The molecule has 0 radical (unpaired) electrons. The standard InChI is InChI=1S/C15H25N5/c1-11(2)20(12(3)4)10-14-7-5-6-13(8-14)9-18-19-15(16)17/h5-9,11-12H,10H2,1-4H3,(H4,16,17,19). The van der Waals surface area contributed by atoms with Crippen LogP contribution < -0.4 is 11.5 Å². The Balaban J connectivity index is 2.82. The van der Waals surface area contributed by atoms with E-state index in [1.54, 1.807) is 6.21 Å². The van der Waals surface area contributed by atoms with Gasteiger partial charge in [0.2, 0.25) is 5.96 Å². The first-order valence-electron chi connectivity index (χ1n) is 6.86. The van der Waals surface area contributed by atoms with Crippen molar-refractivity contribution >= 4 is 12.2 Å². The fraction of sp³-hybridized carbons (Fsp3) is 0.467. The van der Waals surface area contributed by atoms with Crippen LogP contribution in [0.1, 0.15) is 38.8 Å². The molecule has 0 aliphatic carbocycles. The van der Waals surface area contributed by atoms with Crippen LogP contribution in [0.25, 0.3) is 0 Å². The van der Waals surface area contributed by atoms with Crippen LogP contribution in [-0.4, -0.2) is 29.2 Å². The van der Waals surface area contributed by atoms with Crippen molar-refractivity contribution in [3.63, 3.8) is 0 Å². The summed E-state index contributed by atoms with van der Waals surface area (Å²) in [5.41, 5.74) is 12.7. The molecular weight excluding hydrogens is 250 g/mol. The molecule has 0 saturated heterocycles. The zero-order valence-electron chi connectivity index (χ0n) is 12.7. The molecule has 0 aromatic heterocycles. The van der Waals surface area contributed by atoms with Crippen LogP contribution in [0, 0.1) is 0 Å². The van der Waals surface area contributed by atoms with Crippen LogP contribution in [0.5, 0.6) is 0 Å². The van der Waals surface area contributed by atoms with Gasteiger partial charge in [0.1, 0.15) is 0 Å². The molecule has 4 N–H and O–H groups in total. The number of rotatable bonds is 6. The number of nitrogens with zero attached hydrogens (tertiary/aromatic N) is 3. The molecule has 0 heterocycles. The lowest BCUT2D eigenvalue weighted by Gasteiger charge is -2.30. The van der Waals surface area contributed by atoms with Crippen molar-refractivity contribution in [1.82, 2.24) is 4.90 Å². The third-order valence-electron chi connectivity index (χ3n) is 3.02. The number of hydrogen-bond acceptors (Lipinski definition) is 3. The molecule has 0 atom stereocenters. The lowest BCUT2D eigenvalue weighted by molar-refractivity contribution is 0.166. The van der Waals surface area contributed by atoms with Gasteiger partial charge in [0, 0.05) is 18.6 Å². The van der Waals surface area contributed by atoms with Gasteiger partial charge in [-0.3, -0.25) is 4.90 Å². The minimum atomic E-state index is -0.0387. The molecule has 0 fully saturated rings. The fourth-order valence-electron chi connectivity index (χ4n) is 2.11. The van der Waals surface area contributed by atoms with Gasteiger partial charge in [-0.15, -0.1) is 5.10 Å². The summed E-state index contributed by atoms with van der Waals surface area (Å²) in [5.74, 6) is -0.0387. The average Bonchev–Trinajstić information content (AvgIpc) is 2.35. The molecule has 0 aliphatic rings. The summed E-state index contributed by atoms with van der Waals surface area (Å²) in [4.78, 5) is 2.44. The van der Waals surface area contributed by atoms with Crippen LogP contribution >= 0.6 is 0 Å². The van der Waals surface area contributed by atoms with Gasteiger partial charge in [-0.2, -0.15) is 5.10 Å². The monoisotopic (exact) mass is 275 g/mol. The Morgan fingerprint density at radius 2 is 1.85 bits per heavy atom. The summed E-state index contributed by atoms with van der Waals surface area (Å²) in [5, 5.41) is 7.43. The van der Waals surface area contributed by atoms with Crippen LogP contribution in [0.2, 0.25) is 0 Å². The summed E-state index contributed by atoms with van der Waals surface area (Å²) in [7, 11) is 0. The summed E-state index contributed by atoms with van der Waals surface area (Å²) in [6.07, 6.45) is 1.65. The van der Waals surface area contributed by atoms with E-state index in [4.69, 9.17) is 11.5 Å². The third-order valence-corrected chi connectivity index (χ3v) is 3.02. The van der Waals surface area contributed by atoms with Crippen molar-refractivity contribution in [3.8, 4) is 0 Å². The van der Waals surface area contributed by atoms with Crippen LogP contribution in [-0.2, 0) is 6.54 Å². The first-order chi connectivity index (χ1) is 9.40. The van der Waals surface area contributed by atoms with E-state index in [0.717, 1.165) is 12.1 Å². The van der Waals surface area contributed by atoms with E-state index in [0.29, 0.717) is 12.1 Å². The molecule has 5 heteroatoms. The van der Waals surface area contributed by atoms with Crippen molar-refractivity contribution in [2.45, 2.75) is 46.3 Å².